The molecule has 3 rings (SSSR count). The summed E-state index contributed by atoms with van der Waals surface area (Å²) in [4.78, 5) is 0. The Morgan fingerprint density at radius 3 is 2.28 bits per heavy atom. The molecule has 2 aliphatic rings. The lowest BCUT2D eigenvalue weighted by molar-refractivity contribution is -0.0671. The van der Waals surface area contributed by atoms with Crippen LogP contribution in [0.1, 0.15) is 61.8 Å². The van der Waals surface area contributed by atoms with Crippen LogP contribution in [0.3, 0.4) is 0 Å². The molecule has 1 heterocycles. The van der Waals surface area contributed by atoms with Crippen LogP contribution >= 0.6 is 12.2 Å². The van der Waals surface area contributed by atoms with Crippen molar-refractivity contribution in [3.63, 3.8) is 0 Å². The molecule has 1 saturated carbocycles. The fraction of sp³-hybridized carbons (Fsp3) is 0.609. The number of aliphatic hydroxyl groups is 1. The average molecular weight is 420 g/mol. The first kappa shape index (κ1) is 22.2. The Labute approximate surface area is 179 Å². The number of nitrogens with one attached hydrogen (secondary N) is 1. The largest absolute Gasteiger partial charge is 0.460 e. The van der Waals surface area contributed by atoms with Gasteiger partial charge in [0.2, 0.25) is 0 Å². The molecular weight excluding hydrogens is 386 g/mol. The first-order chi connectivity index (χ1) is 13.6. The highest BCUT2D eigenvalue weighted by Crippen LogP contribution is 2.48. The topological polar surface area (TPSA) is 60.0 Å². The van der Waals surface area contributed by atoms with Crippen LogP contribution in [-0.4, -0.2) is 41.4 Å². The minimum Gasteiger partial charge on any atom is -0.460 e. The summed E-state index contributed by atoms with van der Waals surface area (Å²) in [6.07, 6.45) is 2.48. The molecule has 5 nitrogen and oxygen atoms in total. The Bertz CT molecular complexity index is 801. The zero-order valence-electron chi connectivity index (χ0n) is 18.3. The summed E-state index contributed by atoms with van der Waals surface area (Å²) in [6, 6.07) is 4.26. The van der Waals surface area contributed by atoms with E-state index in [0.29, 0.717) is 12.4 Å². The van der Waals surface area contributed by atoms with Crippen molar-refractivity contribution >= 4 is 23.0 Å². The molecule has 1 aliphatic heterocycles. The summed E-state index contributed by atoms with van der Waals surface area (Å²) >= 11 is 5.25. The van der Waals surface area contributed by atoms with Crippen LogP contribution in [0.2, 0.25) is 0 Å². The minimum atomic E-state index is -0.832. The molecule has 0 radical (unpaired) electrons. The third kappa shape index (κ3) is 4.22. The molecule has 1 spiro atoms. The summed E-state index contributed by atoms with van der Waals surface area (Å²) in [5.74, 6) is 0.686. The van der Waals surface area contributed by atoms with E-state index in [4.69, 9.17) is 26.4 Å². The van der Waals surface area contributed by atoms with Gasteiger partial charge >= 0.3 is 5.24 Å². The first-order valence-electron chi connectivity index (χ1n) is 10.3. The van der Waals surface area contributed by atoms with Crippen molar-refractivity contribution in [2.24, 2.45) is 0 Å². The van der Waals surface area contributed by atoms with Crippen LogP contribution in [0.15, 0.2) is 17.9 Å². The molecule has 2 N–H and O–H groups in total. The van der Waals surface area contributed by atoms with E-state index in [1.165, 1.54) is 12.7 Å². The van der Waals surface area contributed by atoms with Crippen LogP contribution in [-0.2, 0) is 14.2 Å². The SMILES string of the molecule is CCOC1(C)CCC2(CC1)NC(O)C(c1c(C)cc(C)cc1C)=C2OC(=S)OC. The van der Waals surface area contributed by atoms with Gasteiger partial charge in [-0.15, -0.1) is 0 Å². The van der Waals surface area contributed by atoms with Crippen LogP contribution in [0.5, 0.6) is 0 Å². The van der Waals surface area contributed by atoms with E-state index in [2.05, 4.69) is 45.1 Å². The summed E-state index contributed by atoms with van der Waals surface area (Å²) < 4.78 is 17.3. The van der Waals surface area contributed by atoms with Gasteiger partial charge in [0.05, 0.1) is 18.2 Å². The van der Waals surface area contributed by atoms with Crippen molar-refractivity contribution in [1.82, 2.24) is 5.32 Å². The Hall–Kier alpha value is -1.47. The Morgan fingerprint density at radius 1 is 1.17 bits per heavy atom. The maximum atomic E-state index is 11.1. The molecule has 0 bridgehead atoms. The number of aryl methyl sites for hydroxylation is 3. The molecule has 6 heteroatoms. The maximum absolute atomic E-state index is 11.1. The lowest BCUT2D eigenvalue weighted by atomic mass is 9.73. The number of benzene rings is 1. The van der Waals surface area contributed by atoms with Gasteiger partial charge in [-0.1, -0.05) is 17.7 Å². The van der Waals surface area contributed by atoms with Crippen molar-refractivity contribution in [3.8, 4) is 0 Å². The second-order valence-electron chi connectivity index (χ2n) is 8.58. The normalized spacial score (nSPS) is 29.4. The van der Waals surface area contributed by atoms with E-state index in [1.807, 2.05) is 6.92 Å². The molecule has 1 aromatic carbocycles. The lowest BCUT2D eigenvalue weighted by Gasteiger charge is -2.43. The highest BCUT2D eigenvalue weighted by molar-refractivity contribution is 7.79. The van der Waals surface area contributed by atoms with Crippen molar-refractivity contribution < 1.29 is 19.3 Å². The maximum Gasteiger partial charge on any atom is 0.357 e. The molecule has 1 unspecified atom stereocenters. The highest BCUT2D eigenvalue weighted by atomic mass is 32.1. The van der Waals surface area contributed by atoms with Crippen molar-refractivity contribution in [1.29, 1.82) is 0 Å². The number of ether oxygens (including phenoxy) is 3. The van der Waals surface area contributed by atoms with Gasteiger partial charge in [-0.3, -0.25) is 5.32 Å². The van der Waals surface area contributed by atoms with E-state index >= 15 is 0 Å². The van der Waals surface area contributed by atoms with E-state index in [9.17, 15) is 5.11 Å². The Balaban J connectivity index is 2.09. The average Bonchev–Trinajstić information content (AvgIpc) is 2.89. The summed E-state index contributed by atoms with van der Waals surface area (Å²) in [5.41, 5.74) is 4.54. The standard InChI is InChI=1S/C23H33NO4S/c1-7-27-22(5)8-10-23(11-9-22)19(28-21(29)26-6)18(20(25)24-23)17-15(3)12-14(2)13-16(17)4/h12-13,20,24-25H,7-11H2,1-6H3. The second-order valence-corrected chi connectivity index (χ2v) is 8.92. The highest BCUT2D eigenvalue weighted by Gasteiger charge is 2.52. The zero-order chi connectivity index (χ0) is 21.4. The van der Waals surface area contributed by atoms with Crippen LogP contribution < -0.4 is 5.32 Å². The van der Waals surface area contributed by atoms with Crippen molar-refractivity contribution in [2.75, 3.05) is 13.7 Å². The summed E-state index contributed by atoms with van der Waals surface area (Å²) in [7, 11) is 1.50. The molecule has 160 valence electrons. The van der Waals surface area contributed by atoms with Crippen LogP contribution in [0.4, 0.5) is 0 Å². The van der Waals surface area contributed by atoms with Crippen molar-refractivity contribution in [3.05, 3.63) is 40.1 Å². The zero-order valence-corrected chi connectivity index (χ0v) is 19.2. The molecule has 0 saturated heterocycles. The molecule has 0 aromatic heterocycles. The number of aliphatic hydroxyl groups excluding tert-OH is 1. The van der Waals surface area contributed by atoms with Crippen LogP contribution in [0.25, 0.3) is 5.57 Å². The number of hydrogen-bond donors (Lipinski definition) is 2. The Kier molecular flexibility index (Phi) is 6.39. The predicted octanol–water partition coefficient (Wildman–Crippen LogP) is 4.30. The monoisotopic (exact) mass is 419 g/mol. The third-order valence-corrected chi connectivity index (χ3v) is 6.57. The van der Waals surface area contributed by atoms with Crippen LogP contribution in [0, 0.1) is 20.8 Å². The molecule has 1 fully saturated rings. The van der Waals surface area contributed by atoms with Crippen molar-refractivity contribution in [2.45, 2.75) is 77.7 Å². The van der Waals surface area contributed by atoms with E-state index in [1.54, 1.807) is 0 Å². The minimum absolute atomic E-state index is 0.0633. The molecule has 1 aliphatic carbocycles. The molecular formula is C23H33NO4S. The predicted molar refractivity (Wildman–Crippen MR) is 119 cm³/mol. The molecule has 0 amide bonds. The van der Waals surface area contributed by atoms with E-state index < -0.39 is 11.8 Å². The summed E-state index contributed by atoms with van der Waals surface area (Å²) in [5, 5.41) is 14.6. The molecule has 1 aromatic rings. The molecule has 1 atom stereocenters. The Morgan fingerprint density at radius 2 is 1.76 bits per heavy atom. The van der Waals surface area contributed by atoms with Gasteiger partial charge in [0.15, 0.2) is 0 Å². The van der Waals surface area contributed by atoms with E-state index in [-0.39, 0.29) is 10.8 Å². The van der Waals surface area contributed by atoms with Gasteiger partial charge in [0.1, 0.15) is 12.0 Å². The van der Waals surface area contributed by atoms with Gasteiger partial charge in [0, 0.05) is 24.4 Å². The van der Waals surface area contributed by atoms with E-state index in [0.717, 1.165) is 47.9 Å². The number of methoxy groups -OCH3 is 1. The quantitative estimate of drug-likeness (QED) is 0.710. The summed E-state index contributed by atoms with van der Waals surface area (Å²) in [6.45, 7) is 11.1. The van der Waals surface area contributed by atoms with Gasteiger partial charge in [-0.05, 0) is 77.0 Å². The first-order valence-corrected chi connectivity index (χ1v) is 10.7. The number of hydrogen-bond acceptors (Lipinski definition) is 6. The van der Waals surface area contributed by atoms with Gasteiger partial charge < -0.3 is 19.3 Å². The lowest BCUT2D eigenvalue weighted by Crippen LogP contribution is -2.52. The fourth-order valence-corrected chi connectivity index (χ4v) is 5.07. The number of thiocarbonyl (C=S) groups is 1. The second kappa shape index (κ2) is 8.34. The third-order valence-electron chi connectivity index (χ3n) is 6.32. The van der Waals surface area contributed by atoms with Gasteiger partial charge in [-0.25, -0.2) is 0 Å². The van der Waals surface area contributed by atoms with Gasteiger partial charge in [0.25, 0.3) is 0 Å². The van der Waals surface area contributed by atoms with Gasteiger partial charge in [-0.2, -0.15) is 0 Å². The molecule has 29 heavy (non-hydrogen) atoms. The fourth-order valence-electron chi connectivity index (χ4n) is 4.98. The number of rotatable bonds is 4. The smallest absolute Gasteiger partial charge is 0.357 e.